The number of nitrogens with two attached hydrogens (primary N) is 1. The van der Waals surface area contributed by atoms with Gasteiger partial charge in [0.2, 0.25) is 0 Å². The highest BCUT2D eigenvalue weighted by Gasteiger charge is 2.53. The van der Waals surface area contributed by atoms with Crippen molar-refractivity contribution in [3.63, 3.8) is 0 Å². The minimum atomic E-state index is -0.140. The van der Waals surface area contributed by atoms with Gasteiger partial charge in [0, 0.05) is 18.4 Å². The van der Waals surface area contributed by atoms with Gasteiger partial charge in [-0.05, 0) is 46.0 Å². The molecule has 1 aromatic rings. The summed E-state index contributed by atoms with van der Waals surface area (Å²) in [5.41, 5.74) is 6.80. The topological polar surface area (TPSA) is 64.7 Å². The molecule has 0 saturated heterocycles. The number of ether oxygens (including phenoxy) is 2. The minimum Gasteiger partial charge on any atom is -0.490 e. The minimum absolute atomic E-state index is 0.139. The molecule has 0 spiro atoms. The summed E-state index contributed by atoms with van der Waals surface area (Å²) in [6, 6.07) is 4.09. The molecule has 0 bridgehead atoms. The number of hydrogen-bond donors (Lipinski definition) is 2. The maximum absolute atomic E-state index is 9.49. The maximum atomic E-state index is 9.49. The Morgan fingerprint density at radius 1 is 1.37 bits per heavy atom. The highest BCUT2D eigenvalue weighted by Crippen LogP contribution is 2.59. The second-order valence-corrected chi connectivity index (χ2v) is 6.22. The molecule has 5 heteroatoms. The summed E-state index contributed by atoms with van der Waals surface area (Å²) in [7, 11) is 0. The summed E-state index contributed by atoms with van der Waals surface area (Å²) in [6.07, 6.45) is 1.83. The van der Waals surface area contributed by atoms with E-state index in [-0.39, 0.29) is 12.0 Å². The Kier molecular flexibility index (Phi) is 3.45. The second kappa shape index (κ2) is 4.96. The lowest BCUT2D eigenvalue weighted by atomic mass is 10.00. The normalized spacial score (nSPS) is 28.9. The average Bonchev–Trinajstić information content (AvgIpc) is 3.18. The summed E-state index contributed by atoms with van der Waals surface area (Å²) in [6.45, 7) is 2.01. The van der Waals surface area contributed by atoms with Crippen LogP contribution in [-0.4, -0.2) is 31.5 Å². The lowest BCUT2D eigenvalue weighted by Crippen LogP contribution is -2.21. The smallest absolute Gasteiger partial charge is 0.175 e. The van der Waals surface area contributed by atoms with Gasteiger partial charge >= 0.3 is 0 Å². The molecule has 0 radical (unpaired) electrons. The van der Waals surface area contributed by atoms with Crippen LogP contribution in [0.4, 0.5) is 0 Å². The average molecular weight is 328 g/mol. The van der Waals surface area contributed by atoms with Gasteiger partial charge < -0.3 is 20.3 Å². The van der Waals surface area contributed by atoms with E-state index in [0.717, 1.165) is 34.4 Å². The molecule has 0 aromatic heterocycles. The van der Waals surface area contributed by atoms with E-state index in [9.17, 15) is 5.11 Å². The molecule has 4 nitrogen and oxygen atoms in total. The van der Waals surface area contributed by atoms with E-state index in [1.165, 1.54) is 0 Å². The number of halogens is 1. The van der Waals surface area contributed by atoms with Gasteiger partial charge in [-0.15, -0.1) is 0 Å². The van der Waals surface area contributed by atoms with Crippen LogP contribution in [0.15, 0.2) is 16.6 Å². The molecule has 104 valence electrons. The number of aliphatic hydroxyl groups is 1. The molecular weight excluding hydrogens is 310 g/mol. The molecule has 1 aromatic carbocycles. The summed E-state index contributed by atoms with van der Waals surface area (Å²) >= 11 is 3.55. The first-order valence-electron chi connectivity index (χ1n) is 6.60. The highest BCUT2D eigenvalue weighted by atomic mass is 79.9. The number of fused-ring (bicyclic) bond motifs is 1. The molecule has 1 heterocycles. The van der Waals surface area contributed by atoms with Crippen LogP contribution in [0.25, 0.3) is 0 Å². The molecule has 1 aliphatic heterocycles. The molecule has 2 unspecified atom stereocenters. The summed E-state index contributed by atoms with van der Waals surface area (Å²) < 4.78 is 12.3. The van der Waals surface area contributed by atoms with Gasteiger partial charge in [0.15, 0.2) is 11.5 Å². The first kappa shape index (κ1) is 13.2. The Balaban J connectivity index is 1.93. The van der Waals surface area contributed by atoms with Gasteiger partial charge in [0.05, 0.1) is 24.3 Å². The molecule has 1 aliphatic carbocycles. The lowest BCUT2D eigenvalue weighted by Gasteiger charge is -2.14. The summed E-state index contributed by atoms with van der Waals surface area (Å²) in [4.78, 5) is 0. The van der Waals surface area contributed by atoms with E-state index in [0.29, 0.717) is 25.7 Å². The predicted octanol–water partition coefficient (Wildman–Crippen LogP) is 2.04. The van der Waals surface area contributed by atoms with Crippen LogP contribution >= 0.6 is 15.9 Å². The van der Waals surface area contributed by atoms with Gasteiger partial charge in [-0.1, -0.05) is 0 Å². The molecule has 3 rings (SSSR count). The van der Waals surface area contributed by atoms with E-state index in [1.54, 1.807) is 0 Å². The van der Waals surface area contributed by atoms with Gasteiger partial charge in [0.25, 0.3) is 0 Å². The molecule has 2 aliphatic rings. The Labute approximate surface area is 121 Å². The fourth-order valence-electron chi connectivity index (χ4n) is 2.74. The fraction of sp³-hybridized carbons (Fsp3) is 0.571. The molecular formula is C14H18BrNO3. The number of aliphatic hydroxyl groups excluding tert-OH is 1. The lowest BCUT2D eigenvalue weighted by molar-refractivity contribution is 0.211. The molecule has 1 saturated carbocycles. The Hall–Kier alpha value is -0.780. The first-order chi connectivity index (χ1) is 9.20. The molecule has 1 fully saturated rings. The van der Waals surface area contributed by atoms with E-state index >= 15 is 0 Å². The van der Waals surface area contributed by atoms with E-state index in [4.69, 9.17) is 15.2 Å². The molecule has 3 N–H and O–H groups in total. The van der Waals surface area contributed by atoms with Gasteiger partial charge in [-0.25, -0.2) is 0 Å². The van der Waals surface area contributed by atoms with Gasteiger partial charge in [0.1, 0.15) is 0 Å². The van der Waals surface area contributed by atoms with Crippen LogP contribution in [0, 0.1) is 5.41 Å². The Morgan fingerprint density at radius 2 is 2.16 bits per heavy atom. The summed E-state index contributed by atoms with van der Waals surface area (Å²) in [5, 5.41) is 9.49. The van der Waals surface area contributed by atoms with E-state index < -0.39 is 0 Å². The number of rotatable bonds is 3. The first-order valence-corrected chi connectivity index (χ1v) is 7.39. The molecule has 2 atom stereocenters. The third kappa shape index (κ3) is 2.24. The second-order valence-electron chi connectivity index (χ2n) is 5.36. The quantitative estimate of drug-likeness (QED) is 0.891. The summed E-state index contributed by atoms with van der Waals surface area (Å²) in [5.74, 6) is 1.89. The van der Waals surface area contributed by atoms with Crippen LogP contribution in [-0.2, 0) is 0 Å². The van der Waals surface area contributed by atoms with Crippen molar-refractivity contribution in [2.24, 2.45) is 11.1 Å². The number of hydrogen-bond acceptors (Lipinski definition) is 4. The van der Waals surface area contributed by atoms with Crippen LogP contribution < -0.4 is 15.2 Å². The van der Waals surface area contributed by atoms with Crippen LogP contribution in [0.2, 0.25) is 0 Å². The van der Waals surface area contributed by atoms with Crippen molar-refractivity contribution < 1.29 is 14.6 Å². The number of benzene rings is 1. The monoisotopic (exact) mass is 327 g/mol. The van der Waals surface area contributed by atoms with E-state index in [1.807, 2.05) is 6.07 Å². The van der Waals surface area contributed by atoms with Crippen LogP contribution in [0.5, 0.6) is 11.5 Å². The van der Waals surface area contributed by atoms with E-state index in [2.05, 4.69) is 22.0 Å². The van der Waals surface area contributed by atoms with Gasteiger partial charge in [-0.3, -0.25) is 0 Å². The third-order valence-electron chi connectivity index (χ3n) is 4.14. The van der Waals surface area contributed by atoms with Crippen molar-refractivity contribution >= 4 is 15.9 Å². The molecule has 0 amide bonds. The third-order valence-corrected chi connectivity index (χ3v) is 4.73. The van der Waals surface area contributed by atoms with Crippen molar-refractivity contribution in [1.29, 1.82) is 0 Å². The van der Waals surface area contributed by atoms with Crippen LogP contribution in [0.1, 0.15) is 24.3 Å². The predicted molar refractivity (Wildman–Crippen MR) is 75.7 cm³/mol. The largest absolute Gasteiger partial charge is 0.490 e. The zero-order valence-electron chi connectivity index (χ0n) is 10.7. The maximum Gasteiger partial charge on any atom is 0.175 e. The van der Waals surface area contributed by atoms with Crippen molar-refractivity contribution in [3.05, 3.63) is 22.2 Å². The fourth-order valence-corrected chi connectivity index (χ4v) is 3.31. The standard InChI is InChI=1S/C14H18BrNO3/c15-11-4-9(10-6-14(10,7-16)8-17)5-12-13(11)19-3-1-2-18-12/h4-5,10,17H,1-3,6-8,16H2. The SMILES string of the molecule is NCC1(CO)CC1c1cc(Br)c2c(c1)OCCCO2. The Bertz CT molecular complexity index is 488. The highest BCUT2D eigenvalue weighted by molar-refractivity contribution is 9.10. The zero-order valence-corrected chi connectivity index (χ0v) is 12.3. The van der Waals surface area contributed by atoms with Crippen molar-refractivity contribution in [2.75, 3.05) is 26.4 Å². The van der Waals surface area contributed by atoms with Crippen molar-refractivity contribution in [2.45, 2.75) is 18.8 Å². The molecule has 19 heavy (non-hydrogen) atoms. The zero-order chi connectivity index (χ0) is 13.5. The van der Waals surface area contributed by atoms with Gasteiger partial charge in [-0.2, -0.15) is 0 Å². The van der Waals surface area contributed by atoms with Crippen molar-refractivity contribution in [1.82, 2.24) is 0 Å². The van der Waals surface area contributed by atoms with Crippen molar-refractivity contribution in [3.8, 4) is 11.5 Å². The van der Waals surface area contributed by atoms with Crippen LogP contribution in [0.3, 0.4) is 0 Å². The Morgan fingerprint density at radius 3 is 2.84 bits per heavy atom.